The van der Waals surface area contributed by atoms with Gasteiger partial charge in [-0.3, -0.25) is 4.79 Å². The predicted molar refractivity (Wildman–Crippen MR) is 116 cm³/mol. The highest BCUT2D eigenvalue weighted by atomic mass is 35.5. The summed E-state index contributed by atoms with van der Waals surface area (Å²) in [5.74, 6) is 2.08. The largest absolute Gasteiger partial charge is 0.486 e. The van der Waals surface area contributed by atoms with Crippen molar-refractivity contribution in [1.29, 1.82) is 0 Å². The molecule has 0 saturated carbocycles. The van der Waals surface area contributed by atoms with E-state index in [0.29, 0.717) is 24.0 Å². The number of ether oxygens (including phenoxy) is 2. The van der Waals surface area contributed by atoms with Crippen LogP contribution in [0.25, 0.3) is 10.2 Å². The molecule has 1 saturated heterocycles. The zero-order valence-corrected chi connectivity index (χ0v) is 18.0. The van der Waals surface area contributed by atoms with E-state index in [-0.39, 0.29) is 11.9 Å². The third kappa shape index (κ3) is 3.91. The molecule has 1 aromatic heterocycles. The molecule has 0 bridgehead atoms. The van der Waals surface area contributed by atoms with E-state index in [0.717, 1.165) is 51.0 Å². The number of thioether (sulfide) groups is 1. The molecule has 0 radical (unpaired) electrons. The zero-order chi connectivity index (χ0) is 19.8. The van der Waals surface area contributed by atoms with Gasteiger partial charge in [-0.25, -0.2) is 4.98 Å². The van der Waals surface area contributed by atoms with Crippen LogP contribution >= 0.6 is 34.7 Å². The second-order valence-electron chi connectivity index (χ2n) is 7.03. The van der Waals surface area contributed by atoms with Crippen LogP contribution in [0.3, 0.4) is 0 Å². The molecule has 1 unspecified atom stereocenters. The summed E-state index contributed by atoms with van der Waals surface area (Å²) in [6.07, 6.45) is 1.98. The number of rotatable bonds is 4. The highest BCUT2D eigenvalue weighted by Crippen LogP contribution is 2.39. The standard InChI is InChI=1S/C21H19ClN2O3S2/c22-14-4-6-19-15(11-14)23-21(29-19)28-12-20(25)24-7-1-2-16(24)13-3-5-17-18(10-13)27-9-8-26-17/h3-6,10-11,16H,1-2,7-9,12H2. The molecular formula is C21H19ClN2O3S2. The summed E-state index contributed by atoms with van der Waals surface area (Å²) in [4.78, 5) is 19.5. The lowest BCUT2D eigenvalue weighted by Crippen LogP contribution is -2.32. The van der Waals surface area contributed by atoms with Gasteiger partial charge in [0.15, 0.2) is 15.8 Å². The van der Waals surface area contributed by atoms with Gasteiger partial charge in [0.1, 0.15) is 13.2 Å². The molecule has 1 amide bonds. The summed E-state index contributed by atoms with van der Waals surface area (Å²) >= 11 is 9.13. The topological polar surface area (TPSA) is 51.7 Å². The van der Waals surface area contributed by atoms with Gasteiger partial charge in [0.2, 0.25) is 5.91 Å². The van der Waals surface area contributed by atoms with Gasteiger partial charge in [-0.1, -0.05) is 29.4 Å². The number of hydrogen-bond acceptors (Lipinski definition) is 6. The molecule has 150 valence electrons. The smallest absolute Gasteiger partial charge is 0.233 e. The van der Waals surface area contributed by atoms with E-state index in [4.69, 9.17) is 21.1 Å². The van der Waals surface area contributed by atoms with Gasteiger partial charge < -0.3 is 14.4 Å². The fraction of sp³-hybridized carbons (Fsp3) is 0.333. The Morgan fingerprint density at radius 1 is 1.21 bits per heavy atom. The predicted octanol–water partition coefficient (Wildman–Crippen LogP) is 5.18. The quantitative estimate of drug-likeness (QED) is 0.517. The van der Waals surface area contributed by atoms with E-state index in [2.05, 4.69) is 4.98 Å². The first kappa shape index (κ1) is 19.0. The molecule has 2 aliphatic rings. The molecule has 5 rings (SSSR count). The number of aromatic nitrogens is 1. The summed E-state index contributed by atoms with van der Waals surface area (Å²) in [5.41, 5.74) is 1.99. The van der Waals surface area contributed by atoms with Crippen LogP contribution in [0.15, 0.2) is 40.7 Å². The van der Waals surface area contributed by atoms with Crippen molar-refractivity contribution in [3.05, 3.63) is 47.0 Å². The first-order chi connectivity index (χ1) is 14.2. The Kier molecular flexibility index (Phi) is 5.28. The molecule has 3 aromatic rings. The maximum Gasteiger partial charge on any atom is 0.233 e. The van der Waals surface area contributed by atoms with Crippen LogP contribution in [0.4, 0.5) is 0 Å². The number of fused-ring (bicyclic) bond motifs is 2. The van der Waals surface area contributed by atoms with Crippen molar-refractivity contribution in [3.63, 3.8) is 0 Å². The number of benzene rings is 2. The molecule has 8 heteroatoms. The van der Waals surface area contributed by atoms with Crippen molar-refractivity contribution >= 4 is 50.8 Å². The second-order valence-corrected chi connectivity index (χ2v) is 9.72. The Labute approximate surface area is 182 Å². The summed E-state index contributed by atoms with van der Waals surface area (Å²) in [7, 11) is 0. The van der Waals surface area contributed by atoms with Gasteiger partial charge in [-0.2, -0.15) is 0 Å². The van der Waals surface area contributed by atoms with Gasteiger partial charge in [-0.05, 0) is 48.7 Å². The fourth-order valence-electron chi connectivity index (χ4n) is 3.83. The number of carbonyl (C=O) groups excluding carboxylic acids is 1. The Balaban J connectivity index is 1.28. The van der Waals surface area contributed by atoms with E-state index in [1.165, 1.54) is 11.8 Å². The number of hydrogen-bond donors (Lipinski definition) is 0. The van der Waals surface area contributed by atoms with E-state index >= 15 is 0 Å². The molecule has 0 N–H and O–H groups in total. The van der Waals surface area contributed by atoms with Gasteiger partial charge >= 0.3 is 0 Å². The summed E-state index contributed by atoms with van der Waals surface area (Å²) in [6, 6.07) is 11.8. The maximum atomic E-state index is 13.0. The van der Waals surface area contributed by atoms with Crippen molar-refractivity contribution in [2.24, 2.45) is 0 Å². The highest BCUT2D eigenvalue weighted by molar-refractivity contribution is 8.01. The van der Waals surface area contributed by atoms with E-state index in [1.807, 2.05) is 41.3 Å². The Morgan fingerprint density at radius 2 is 2.07 bits per heavy atom. The van der Waals surface area contributed by atoms with Crippen LogP contribution in [0, 0.1) is 0 Å². The minimum Gasteiger partial charge on any atom is -0.486 e. The van der Waals surface area contributed by atoms with Crippen LogP contribution in [0.1, 0.15) is 24.4 Å². The molecule has 1 fully saturated rings. The van der Waals surface area contributed by atoms with Gasteiger partial charge in [0, 0.05) is 11.6 Å². The van der Waals surface area contributed by atoms with E-state index in [9.17, 15) is 4.79 Å². The normalized spacial score (nSPS) is 18.4. The third-order valence-electron chi connectivity index (χ3n) is 5.17. The Hall–Kier alpha value is -1.96. The van der Waals surface area contributed by atoms with Crippen molar-refractivity contribution in [2.45, 2.75) is 23.2 Å². The number of carbonyl (C=O) groups is 1. The lowest BCUT2D eigenvalue weighted by molar-refractivity contribution is -0.129. The summed E-state index contributed by atoms with van der Waals surface area (Å²) < 4.78 is 13.3. The molecule has 29 heavy (non-hydrogen) atoms. The maximum absolute atomic E-state index is 13.0. The first-order valence-electron chi connectivity index (χ1n) is 9.55. The SMILES string of the molecule is O=C(CSc1nc2cc(Cl)ccc2s1)N1CCCC1c1ccc2c(c1)OCCO2. The number of nitrogens with zero attached hydrogens (tertiary/aromatic N) is 2. The van der Waals surface area contributed by atoms with Crippen molar-refractivity contribution < 1.29 is 14.3 Å². The number of halogens is 1. The monoisotopic (exact) mass is 446 g/mol. The minimum absolute atomic E-state index is 0.0908. The molecule has 0 spiro atoms. The fourth-order valence-corrected chi connectivity index (χ4v) is 5.93. The summed E-state index contributed by atoms with van der Waals surface area (Å²) in [5, 5.41) is 0.676. The molecule has 2 aromatic carbocycles. The van der Waals surface area contributed by atoms with Crippen LogP contribution in [0.2, 0.25) is 5.02 Å². The molecular weight excluding hydrogens is 428 g/mol. The average molecular weight is 447 g/mol. The van der Waals surface area contributed by atoms with Crippen molar-refractivity contribution in [3.8, 4) is 11.5 Å². The number of amides is 1. The second kappa shape index (κ2) is 8.05. The van der Waals surface area contributed by atoms with Crippen LogP contribution in [-0.4, -0.2) is 41.3 Å². The first-order valence-corrected chi connectivity index (χ1v) is 11.7. The molecule has 2 aliphatic heterocycles. The highest BCUT2D eigenvalue weighted by Gasteiger charge is 2.31. The van der Waals surface area contributed by atoms with Crippen molar-refractivity contribution in [2.75, 3.05) is 25.5 Å². The molecule has 5 nitrogen and oxygen atoms in total. The summed E-state index contributed by atoms with van der Waals surface area (Å²) in [6.45, 7) is 1.93. The third-order valence-corrected chi connectivity index (χ3v) is 7.57. The Morgan fingerprint density at radius 3 is 2.97 bits per heavy atom. The molecule has 1 atom stereocenters. The minimum atomic E-state index is 0.0908. The van der Waals surface area contributed by atoms with Gasteiger partial charge in [0.25, 0.3) is 0 Å². The van der Waals surface area contributed by atoms with Crippen LogP contribution in [-0.2, 0) is 4.79 Å². The average Bonchev–Trinajstić information content (AvgIpc) is 3.38. The molecule has 0 aliphatic carbocycles. The van der Waals surface area contributed by atoms with Crippen LogP contribution < -0.4 is 9.47 Å². The van der Waals surface area contributed by atoms with Gasteiger partial charge in [-0.15, -0.1) is 11.3 Å². The van der Waals surface area contributed by atoms with E-state index < -0.39 is 0 Å². The zero-order valence-electron chi connectivity index (χ0n) is 15.6. The number of thiazole rings is 1. The lowest BCUT2D eigenvalue weighted by Gasteiger charge is -2.26. The lowest BCUT2D eigenvalue weighted by atomic mass is 10.0. The van der Waals surface area contributed by atoms with Crippen molar-refractivity contribution in [1.82, 2.24) is 9.88 Å². The Bertz CT molecular complexity index is 1070. The molecule has 3 heterocycles. The van der Waals surface area contributed by atoms with Crippen LogP contribution in [0.5, 0.6) is 11.5 Å². The van der Waals surface area contributed by atoms with Gasteiger partial charge in [0.05, 0.1) is 22.0 Å². The van der Waals surface area contributed by atoms with E-state index in [1.54, 1.807) is 11.3 Å². The number of likely N-dealkylation sites (tertiary alicyclic amines) is 1.